The maximum absolute atomic E-state index is 12.7. The first-order valence-electron chi connectivity index (χ1n) is 8.87. The molecule has 1 saturated carbocycles. The van der Waals surface area contributed by atoms with Crippen molar-refractivity contribution in [1.82, 2.24) is 35.7 Å². The van der Waals surface area contributed by atoms with Crippen LogP contribution in [0.2, 0.25) is 5.02 Å². The molecule has 1 fully saturated rings. The smallest absolute Gasteiger partial charge is 0.276 e. The fourth-order valence-corrected chi connectivity index (χ4v) is 3.52. The first-order valence-corrected chi connectivity index (χ1v) is 9.25. The van der Waals surface area contributed by atoms with Gasteiger partial charge in [-0.05, 0) is 41.5 Å². The maximum Gasteiger partial charge on any atom is 0.276 e. The van der Waals surface area contributed by atoms with Gasteiger partial charge in [-0.2, -0.15) is 9.78 Å². The van der Waals surface area contributed by atoms with Crippen LogP contribution in [0.25, 0.3) is 5.69 Å². The van der Waals surface area contributed by atoms with Gasteiger partial charge >= 0.3 is 0 Å². The van der Waals surface area contributed by atoms with Crippen LogP contribution in [0.4, 0.5) is 5.69 Å². The van der Waals surface area contributed by atoms with E-state index in [9.17, 15) is 4.79 Å². The monoisotopic (exact) mass is 420 g/mol. The van der Waals surface area contributed by atoms with Crippen LogP contribution in [0, 0.1) is 0 Å². The number of benzene rings is 1. The Kier molecular flexibility index (Phi) is 5.05. The molecule has 0 radical (unpaired) electrons. The molecule has 1 amide bonds. The quantitative estimate of drug-likeness (QED) is 0.596. The summed E-state index contributed by atoms with van der Waals surface area (Å²) in [7, 11) is 0. The number of amides is 1. The summed E-state index contributed by atoms with van der Waals surface area (Å²) in [4.78, 5) is 12.7. The van der Waals surface area contributed by atoms with E-state index in [1.54, 1.807) is 22.9 Å². The van der Waals surface area contributed by atoms with Crippen LogP contribution < -0.4 is 10.6 Å². The number of aromatic amines is 1. The molecular weight excluding hydrogens is 403 g/mol. The molecule has 2 aliphatic rings. The van der Waals surface area contributed by atoms with Crippen LogP contribution in [0.3, 0.4) is 0 Å². The molecule has 1 aliphatic heterocycles. The molecule has 11 heteroatoms. The molecule has 0 unspecified atom stereocenters. The number of hydrogen-bond donors (Lipinski definition) is 3. The fourth-order valence-electron chi connectivity index (χ4n) is 3.32. The van der Waals surface area contributed by atoms with Gasteiger partial charge in [0.2, 0.25) is 0 Å². The Morgan fingerprint density at radius 2 is 2.18 bits per heavy atom. The lowest BCUT2D eigenvalue weighted by molar-refractivity contribution is 0.102. The highest BCUT2D eigenvalue weighted by Crippen LogP contribution is 2.40. The topological polar surface area (TPSA) is 113 Å². The van der Waals surface area contributed by atoms with Gasteiger partial charge < -0.3 is 10.6 Å². The number of halogens is 2. The number of carbonyl (C=O) groups excluding carboxylic acids is 1. The van der Waals surface area contributed by atoms with Gasteiger partial charge in [0.15, 0.2) is 11.5 Å². The summed E-state index contributed by atoms with van der Waals surface area (Å²) < 4.78 is 1.65. The zero-order valence-electron chi connectivity index (χ0n) is 14.8. The summed E-state index contributed by atoms with van der Waals surface area (Å²) in [6.45, 7) is 1.52. The highest BCUT2D eigenvalue weighted by molar-refractivity contribution is 6.32. The first kappa shape index (κ1) is 18.9. The first-order chi connectivity index (χ1) is 13.2. The number of tetrazole rings is 1. The lowest BCUT2D eigenvalue weighted by atomic mass is 10.1. The van der Waals surface area contributed by atoms with Crippen molar-refractivity contribution in [1.29, 1.82) is 0 Å². The van der Waals surface area contributed by atoms with E-state index in [1.807, 2.05) is 0 Å². The molecule has 0 atom stereocenters. The number of hydrogen-bond acceptors (Lipinski definition) is 6. The van der Waals surface area contributed by atoms with Gasteiger partial charge in [0.25, 0.3) is 5.91 Å². The summed E-state index contributed by atoms with van der Waals surface area (Å²) in [5.74, 6) is 0.911. The highest BCUT2D eigenvalue weighted by Gasteiger charge is 2.30. The van der Waals surface area contributed by atoms with E-state index in [4.69, 9.17) is 11.6 Å². The number of nitrogens with one attached hydrogen (secondary N) is 3. The second kappa shape index (κ2) is 7.50. The molecule has 3 N–H and O–H groups in total. The van der Waals surface area contributed by atoms with Crippen LogP contribution in [0.5, 0.6) is 0 Å². The van der Waals surface area contributed by atoms with Gasteiger partial charge in [-0.1, -0.05) is 11.6 Å². The average Bonchev–Trinajstić information content (AvgIpc) is 3.25. The van der Waals surface area contributed by atoms with E-state index in [-0.39, 0.29) is 18.3 Å². The molecule has 28 heavy (non-hydrogen) atoms. The molecule has 2 aromatic heterocycles. The summed E-state index contributed by atoms with van der Waals surface area (Å²) >= 11 is 6.36. The second-order valence-corrected chi connectivity index (χ2v) is 7.21. The molecule has 3 aromatic rings. The molecular formula is C17H18Cl2N8O. The summed E-state index contributed by atoms with van der Waals surface area (Å²) in [6, 6.07) is 5.26. The molecule has 1 aromatic carbocycles. The lowest BCUT2D eigenvalue weighted by Gasteiger charge is -2.13. The van der Waals surface area contributed by atoms with Crippen LogP contribution in [0.15, 0.2) is 18.2 Å². The largest absolute Gasteiger partial charge is 0.321 e. The minimum atomic E-state index is -0.261. The number of rotatable bonds is 4. The SMILES string of the molecule is Cl.O=C(Nc1ccc(Cl)c(-n2nnnc2C2CC2)c1)c1n[nH]c2c1CNCC2. The molecule has 0 bridgehead atoms. The Hall–Kier alpha value is -2.49. The normalized spacial score (nSPS) is 15.6. The molecule has 5 rings (SSSR count). The highest BCUT2D eigenvalue weighted by atomic mass is 35.5. The third-order valence-electron chi connectivity index (χ3n) is 4.89. The van der Waals surface area contributed by atoms with Crippen molar-refractivity contribution in [3.05, 3.63) is 46.0 Å². The van der Waals surface area contributed by atoms with Gasteiger partial charge in [-0.25, -0.2) is 0 Å². The maximum atomic E-state index is 12.7. The lowest BCUT2D eigenvalue weighted by Crippen LogP contribution is -2.25. The Morgan fingerprint density at radius 3 is 3.00 bits per heavy atom. The van der Waals surface area contributed by atoms with Crippen molar-refractivity contribution >= 4 is 35.6 Å². The van der Waals surface area contributed by atoms with E-state index < -0.39 is 0 Å². The molecule has 1 aliphatic carbocycles. The van der Waals surface area contributed by atoms with Gasteiger partial charge in [-0.3, -0.25) is 9.89 Å². The van der Waals surface area contributed by atoms with Crippen molar-refractivity contribution < 1.29 is 4.79 Å². The number of aromatic nitrogens is 6. The van der Waals surface area contributed by atoms with Crippen LogP contribution in [0.1, 0.15) is 46.3 Å². The van der Waals surface area contributed by atoms with Crippen LogP contribution in [-0.2, 0) is 13.0 Å². The molecule has 9 nitrogen and oxygen atoms in total. The number of nitrogens with zero attached hydrogens (tertiary/aromatic N) is 5. The van der Waals surface area contributed by atoms with Crippen molar-refractivity contribution in [2.24, 2.45) is 0 Å². The Balaban J connectivity index is 0.00000192. The number of anilines is 1. The standard InChI is InChI=1S/C17H17ClN8O.ClH/c18-12-4-3-10(7-14(12)26-16(9-1-2-9)23-24-25-26)20-17(27)15-11-8-19-6-5-13(11)21-22-15;/h3-4,7,9,19H,1-2,5-6,8H2,(H,20,27)(H,21,22);1H. The third kappa shape index (κ3) is 3.36. The van der Waals surface area contributed by atoms with Crippen molar-refractivity contribution in [2.45, 2.75) is 31.7 Å². The van der Waals surface area contributed by atoms with Gasteiger partial charge in [0, 0.05) is 42.4 Å². The number of fused-ring (bicyclic) bond motifs is 1. The molecule has 0 saturated heterocycles. The van der Waals surface area contributed by atoms with Gasteiger partial charge in [0.05, 0.1) is 10.7 Å². The van der Waals surface area contributed by atoms with Crippen LogP contribution in [-0.4, -0.2) is 42.9 Å². The molecule has 146 valence electrons. The average molecular weight is 421 g/mol. The van der Waals surface area contributed by atoms with E-state index >= 15 is 0 Å². The number of H-pyrrole nitrogens is 1. The second-order valence-electron chi connectivity index (χ2n) is 6.80. The fraction of sp³-hybridized carbons (Fsp3) is 0.353. The predicted octanol–water partition coefficient (Wildman–Crippen LogP) is 2.24. The predicted molar refractivity (Wildman–Crippen MR) is 105 cm³/mol. The van der Waals surface area contributed by atoms with Crippen molar-refractivity contribution in [3.63, 3.8) is 0 Å². The zero-order chi connectivity index (χ0) is 18.4. The van der Waals surface area contributed by atoms with Gasteiger partial charge in [0.1, 0.15) is 0 Å². The molecule has 3 heterocycles. The number of carbonyl (C=O) groups is 1. The van der Waals surface area contributed by atoms with E-state index in [2.05, 4.69) is 36.4 Å². The van der Waals surface area contributed by atoms with Gasteiger partial charge in [-0.15, -0.1) is 17.5 Å². The summed E-state index contributed by atoms with van der Waals surface area (Å²) in [5.41, 5.74) is 3.60. The third-order valence-corrected chi connectivity index (χ3v) is 5.21. The van der Waals surface area contributed by atoms with E-state index in [0.717, 1.165) is 42.9 Å². The zero-order valence-corrected chi connectivity index (χ0v) is 16.3. The van der Waals surface area contributed by atoms with Crippen molar-refractivity contribution in [3.8, 4) is 5.69 Å². The van der Waals surface area contributed by atoms with E-state index in [1.165, 1.54) is 0 Å². The Morgan fingerprint density at radius 1 is 1.32 bits per heavy atom. The minimum absolute atomic E-state index is 0. The summed E-state index contributed by atoms with van der Waals surface area (Å²) in [5, 5.41) is 25.8. The Labute approximate surface area is 171 Å². The van der Waals surface area contributed by atoms with Crippen LogP contribution >= 0.6 is 24.0 Å². The Bertz CT molecular complexity index is 1030. The van der Waals surface area contributed by atoms with E-state index in [0.29, 0.717) is 34.6 Å². The summed E-state index contributed by atoms with van der Waals surface area (Å²) in [6.07, 6.45) is 2.99. The van der Waals surface area contributed by atoms with Crippen molar-refractivity contribution in [2.75, 3.05) is 11.9 Å². The minimum Gasteiger partial charge on any atom is -0.321 e. The molecule has 0 spiro atoms.